The van der Waals surface area contributed by atoms with Crippen LogP contribution < -0.4 is 5.56 Å². The molecule has 0 spiro atoms. The van der Waals surface area contributed by atoms with Crippen molar-refractivity contribution >= 4 is 5.91 Å². The van der Waals surface area contributed by atoms with Crippen molar-refractivity contribution in [2.24, 2.45) is 0 Å². The number of hydrogen-bond acceptors (Lipinski definition) is 3. The summed E-state index contributed by atoms with van der Waals surface area (Å²) in [6, 6.07) is 15.3. The number of nitrogens with zero attached hydrogens (tertiary/aromatic N) is 2. The number of benzene rings is 1. The van der Waals surface area contributed by atoms with E-state index in [2.05, 4.69) is 0 Å². The van der Waals surface area contributed by atoms with Crippen LogP contribution in [-0.2, 0) is 22.7 Å². The Morgan fingerprint density at radius 3 is 2.73 bits per heavy atom. The van der Waals surface area contributed by atoms with Gasteiger partial charge in [0.2, 0.25) is 5.91 Å². The van der Waals surface area contributed by atoms with Gasteiger partial charge in [0.25, 0.3) is 5.56 Å². The van der Waals surface area contributed by atoms with Crippen LogP contribution in [-0.4, -0.2) is 34.6 Å². The van der Waals surface area contributed by atoms with Crippen LogP contribution in [0, 0.1) is 6.92 Å². The fourth-order valence-electron chi connectivity index (χ4n) is 3.36. The Bertz CT molecular complexity index is 785. The normalized spacial score (nSPS) is 17.3. The molecule has 2 heterocycles. The van der Waals surface area contributed by atoms with Gasteiger partial charge in [-0.2, -0.15) is 0 Å². The van der Waals surface area contributed by atoms with Gasteiger partial charge in [0.05, 0.1) is 12.7 Å². The quantitative estimate of drug-likeness (QED) is 0.801. The number of carbonyl (C=O) groups excluding carboxylic acids is 1. The van der Waals surface area contributed by atoms with Crippen LogP contribution in [0.25, 0.3) is 0 Å². The lowest BCUT2D eigenvalue weighted by Gasteiger charge is -2.33. The maximum Gasteiger partial charge on any atom is 0.250 e. The van der Waals surface area contributed by atoms with Crippen LogP contribution >= 0.6 is 0 Å². The van der Waals surface area contributed by atoms with Crippen LogP contribution in [0.3, 0.4) is 0 Å². The zero-order valence-electron chi connectivity index (χ0n) is 15.3. The lowest BCUT2D eigenvalue weighted by Crippen LogP contribution is -2.43. The number of piperidine rings is 1. The molecule has 138 valence electrons. The van der Waals surface area contributed by atoms with Crippen LogP contribution in [0.5, 0.6) is 0 Å². The van der Waals surface area contributed by atoms with Crippen LogP contribution in [0.1, 0.15) is 30.5 Å². The SMILES string of the molecule is Cc1cccc(=O)n1CCC(=O)N1CCCC(OCc2ccccc2)C1. The summed E-state index contributed by atoms with van der Waals surface area (Å²) in [6.45, 7) is 4.30. The molecule has 1 aromatic heterocycles. The van der Waals surface area contributed by atoms with E-state index in [1.807, 2.05) is 48.2 Å². The number of likely N-dealkylation sites (tertiary alicyclic amines) is 1. The highest BCUT2D eigenvalue weighted by molar-refractivity contribution is 5.76. The van der Waals surface area contributed by atoms with Gasteiger partial charge in [0.1, 0.15) is 0 Å². The monoisotopic (exact) mass is 354 g/mol. The third kappa shape index (κ3) is 4.82. The van der Waals surface area contributed by atoms with E-state index >= 15 is 0 Å². The van der Waals surface area contributed by atoms with E-state index in [9.17, 15) is 9.59 Å². The molecule has 0 bridgehead atoms. The Morgan fingerprint density at radius 1 is 1.15 bits per heavy atom. The van der Waals surface area contributed by atoms with Gasteiger partial charge in [-0.25, -0.2) is 0 Å². The van der Waals surface area contributed by atoms with Crippen molar-refractivity contribution < 1.29 is 9.53 Å². The predicted molar refractivity (Wildman–Crippen MR) is 101 cm³/mol. The smallest absolute Gasteiger partial charge is 0.250 e. The minimum Gasteiger partial charge on any atom is -0.372 e. The first-order chi connectivity index (χ1) is 12.6. The highest BCUT2D eigenvalue weighted by Gasteiger charge is 2.24. The largest absolute Gasteiger partial charge is 0.372 e. The van der Waals surface area contributed by atoms with Crippen molar-refractivity contribution in [3.8, 4) is 0 Å². The molecule has 1 atom stereocenters. The van der Waals surface area contributed by atoms with Crippen molar-refractivity contribution in [2.75, 3.05) is 13.1 Å². The van der Waals surface area contributed by atoms with Crippen molar-refractivity contribution in [3.63, 3.8) is 0 Å². The summed E-state index contributed by atoms with van der Waals surface area (Å²) in [4.78, 5) is 26.4. The average Bonchev–Trinajstić information content (AvgIpc) is 2.67. The Labute approximate surface area is 154 Å². The third-order valence-corrected chi connectivity index (χ3v) is 4.88. The number of aromatic nitrogens is 1. The molecule has 0 radical (unpaired) electrons. The summed E-state index contributed by atoms with van der Waals surface area (Å²) < 4.78 is 7.66. The van der Waals surface area contributed by atoms with Gasteiger partial charge in [-0.3, -0.25) is 9.59 Å². The minimum absolute atomic E-state index is 0.0551. The fraction of sp³-hybridized carbons (Fsp3) is 0.429. The molecule has 2 aromatic rings. The molecular weight excluding hydrogens is 328 g/mol. The lowest BCUT2D eigenvalue weighted by atomic mass is 10.1. The van der Waals surface area contributed by atoms with Crippen molar-refractivity contribution in [3.05, 3.63) is 70.1 Å². The van der Waals surface area contributed by atoms with E-state index in [0.717, 1.165) is 30.6 Å². The first-order valence-corrected chi connectivity index (χ1v) is 9.23. The molecule has 1 amide bonds. The van der Waals surface area contributed by atoms with Crippen molar-refractivity contribution in [2.45, 2.75) is 45.4 Å². The molecule has 0 N–H and O–H groups in total. The van der Waals surface area contributed by atoms with Gasteiger partial charge in [-0.15, -0.1) is 0 Å². The summed E-state index contributed by atoms with van der Waals surface area (Å²) in [5.41, 5.74) is 1.98. The first-order valence-electron chi connectivity index (χ1n) is 9.23. The van der Waals surface area contributed by atoms with Gasteiger partial charge in [0.15, 0.2) is 0 Å². The summed E-state index contributed by atoms with van der Waals surface area (Å²) >= 11 is 0. The summed E-state index contributed by atoms with van der Waals surface area (Å²) in [5.74, 6) is 0.0909. The maximum atomic E-state index is 12.6. The molecule has 1 fully saturated rings. The van der Waals surface area contributed by atoms with Gasteiger partial charge in [-0.1, -0.05) is 36.4 Å². The lowest BCUT2D eigenvalue weighted by molar-refractivity contribution is -0.135. The second-order valence-corrected chi connectivity index (χ2v) is 6.81. The number of pyridine rings is 1. The summed E-state index contributed by atoms with van der Waals surface area (Å²) in [5, 5.41) is 0. The van der Waals surface area contributed by atoms with E-state index in [1.165, 1.54) is 6.07 Å². The van der Waals surface area contributed by atoms with Crippen LogP contribution in [0.2, 0.25) is 0 Å². The highest BCUT2D eigenvalue weighted by Crippen LogP contribution is 2.16. The zero-order chi connectivity index (χ0) is 18.4. The van der Waals surface area contributed by atoms with Gasteiger partial charge < -0.3 is 14.2 Å². The van der Waals surface area contributed by atoms with E-state index in [0.29, 0.717) is 26.1 Å². The van der Waals surface area contributed by atoms with Gasteiger partial charge in [0, 0.05) is 37.8 Å². The summed E-state index contributed by atoms with van der Waals surface area (Å²) in [6.07, 6.45) is 2.36. The van der Waals surface area contributed by atoms with Crippen LogP contribution in [0.15, 0.2) is 53.3 Å². The number of amides is 1. The molecule has 0 saturated carbocycles. The average molecular weight is 354 g/mol. The molecule has 0 aliphatic carbocycles. The van der Waals surface area contributed by atoms with E-state index in [-0.39, 0.29) is 17.6 Å². The molecule has 3 rings (SSSR count). The summed E-state index contributed by atoms with van der Waals surface area (Å²) in [7, 11) is 0. The molecule has 1 aliphatic heterocycles. The predicted octanol–water partition coefficient (Wildman–Crippen LogP) is 2.75. The topological polar surface area (TPSA) is 51.5 Å². The number of hydrogen-bond donors (Lipinski definition) is 0. The fourth-order valence-corrected chi connectivity index (χ4v) is 3.36. The van der Waals surface area contributed by atoms with Gasteiger partial charge >= 0.3 is 0 Å². The van der Waals surface area contributed by atoms with E-state index in [1.54, 1.807) is 10.6 Å². The number of aryl methyl sites for hydroxylation is 1. The standard InChI is InChI=1S/C21H26N2O3/c1-17-7-5-11-21(25)23(17)14-12-20(24)22-13-6-10-19(15-22)26-16-18-8-3-2-4-9-18/h2-5,7-9,11,19H,6,10,12-16H2,1H3. The Balaban J connectivity index is 1.50. The molecule has 1 aliphatic rings. The zero-order valence-corrected chi connectivity index (χ0v) is 15.3. The van der Waals surface area contributed by atoms with E-state index < -0.39 is 0 Å². The van der Waals surface area contributed by atoms with E-state index in [4.69, 9.17) is 4.74 Å². The molecule has 1 aromatic carbocycles. The molecule has 5 nitrogen and oxygen atoms in total. The molecule has 1 unspecified atom stereocenters. The van der Waals surface area contributed by atoms with Gasteiger partial charge in [-0.05, 0) is 31.4 Å². The van der Waals surface area contributed by atoms with Crippen molar-refractivity contribution in [1.82, 2.24) is 9.47 Å². The molecule has 1 saturated heterocycles. The number of carbonyl (C=O) groups is 1. The highest BCUT2D eigenvalue weighted by atomic mass is 16.5. The molecule has 5 heteroatoms. The number of rotatable bonds is 6. The van der Waals surface area contributed by atoms with Crippen molar-refractivity contribution in [1.29, 1.82) is 0 Å². The molecule has 26 heavy (non-hydrogen) atoms. The Morgan fingerprint density at radius 2 is 1.96 bits per heavy atom. The minimum atomic E-state index is -0.0551. The third-order valence-electron chi connectivity index (χ3n) is 4.88. The second kappa shape index (κ2) is 8.81. The second-order valence-electron chi connectivity index (χ2n) is 6.81. The first kappa shape index (κ1) is 18.4. The maximum absolute atomic E-state index is 12.6. The Kier molecular flexibility index (Phi) is 6.23. The molecular formula is C21H26N2O3. The van der Waals surface area contributed by atoms with Crippen LogP contribution in [0.4, 0.5) is 0 Å². The Hall–Kier alpha value is -2.40. The number of ether oxygens (including phenoxy) is 1.